The molecule has 0 saturated heterocycles. The lowest BCUT2D eigenvalue weighted by atomic mass is 10.0. The Labute approximate surface area is 67.5 Å². The van der Waals surface area contributed by atoms with Crippen molar-refractivity contribution in [3.05, 3.63) is 40.2 Å². The molecular formula is C10H11N. The molecule has 0 spiro atoms. The minimum atomic E-state index is 0.771. The third kappa shape index (κ3) is 1.25. The first kappa shape index (κ1) is 7.81. The van der Waals surface area contributed by atoms with E-state index in [2.05, 4.69) is 18.7 Å². The van der Waals surface area contributed by atoms with Crippen LogP contribution < -0.4 is 0 Å². The van der Waals surface area contributed by atoms with E-state index in [9.17, 15) is 0 Å². The predicted octanol–water partition coefficient (Wildman–Crippen LogP) is 3.16. The molecule has 0 fully saturated rings. The Hall–Kier alpha value is -1.29. The van der Waals surface area contributed by atoms with E-state index in [1.165, 1.54) is 11.1 Å². The summed E-state index contributed by atoms with van der Waals surface area (Å²) < 4.78 is 0. The van der Waals surface area contributed by atoms with Crippen LogP contribution in [0.25, 0.3) is 4.85 Å². The molecular weight excluding hydrogens is 134 g/mol. The molecule has 0 aliphatic rings. The van der Waals surface area contributed by atoms with E-state index in [1.54, 1.807) is 0 Å². The molecule has 1 aromatic rings. The summed E-state index contributed by atoms with van der Waals surface area (Å²) in [5, 5.41) is 0. The predicted molar refractivity (Wildman–Crippen MR) is 46.9 cm³/mol. The van der Waals surface area contributed by atoms with Crippen LogP contribution in [0.1, 0.15) is 16.7 Å². The zero-order valence-corrected chi connectivity index (χ0v) is 7.10. The SMILES string of the molecule is [C-]#[N+]c1ccc(C)c(C)c1C. The van der Waals surface area contributed by atoms with Crippen molar-refractivity contribution in [1.82, 2.24) is 0 Å². The number of benzene rings is 1. The average molecular weight is 145 g/mol. The van der Waals surface area contributed by atoms with Gasteiger partial charge in [0, 0.05) is 0 Å². The van der Waals surface area contributed by atoms with Gasteiger partial charge in [-0.25, -0.2) is 4.85 Å². The highest BCUT2D eigenvalue weighted by molar-refractivity contribution is 5.56. The summed E-state index contributed by atoms with van der Waals surface area (Å²) in [4.78, 5) is 3.42. The molecule has 0 bridgehead atoms. The first-order valence-corrected chi connectivity index (χ1v) is 3.61. The highest BCUT2D eigenvalue weighted by atomic mass is 14.6. The summed E-state index contributed by atoms with van der Waals surface area (Å²) in [5.41, 5.74) is 4.38. The van der Waals surface area contributed by atoms with Crippen molar-refractivity contribution in [2.75, 3.05) is 0 Å². The van der Waals surface area contributed by atoms with Crippen LogP contribution in [0.5, 0.6) is 0 Å². The van der Waals surface area contributed by atoms with Gasteiger partial charge < -0.3 is 0 Å². The Morgan fingerprint density at radius 2 is 1.73 bits per heavy atom. The highest BCUT2D eigenvalue weighted by Gasteiger charge is 2.01. The van der Waals surface area contributed by atoms with Crippen molar-refractivity contribution in [3.63, 3.8) is 0 Å². The van der Waals surface area contributed by atoms with Crippen LogP contribution in [0.2, 0.25) is 0 Å². The molecule has 56 valence electrons. The van der Waals surface area contributed by atoms with Gasteiger partial charge in [0.05, 0.1) is 6.57 Å². The normalized spacial score (nSPS) is 9.27. The number of hydrogen-bond acceptors (Lipinski definition) is 0. The lowest BCUT2D eigenvalue weighted by Gasteiger charge is -2.04. The van der Waals surface area contributed by atoms with Crippen LogP contribution in [-0.2, 0) is 0 Å². The van der Waals surface area contributed by atoms with Crippen LogP contribution in [0.3, 0.4) is 0 Å². The van der Waals surface area contributed by atoms with Crippen LogP contribution in [0.4, 0.5) is 5.69 Å². The maximum Gasteiger partial charge on any atom is 0.190 e. The molecule has 0 aromatic heterocycles. The van der Waals surface area contributed by atoms with Crippen molar-refractivity contribution >= 4 is 5.69 Å². The molecule has 0 saturated carbocycles. The van der Waals surface area contributed by atoms with Crippen molar-refractivity contribution < 1.29 is 0 Å². The molecule has 0 atom stereocenters. The Morgan fingerprint density at radius 1 is 1.09 bits per heavy atom. The molecule has 1 nitrogen and oxygen atoms in total. The number of rotatable bonds is 0. The standard InChI is InChI=1S/C10H11N/c1-7-5-6-10(11-4)9(3)8(7)2/h5-6H,1-3H3. The van der Waals surface area contributed by atoms with Crippen molar-refractivity contribution in [2.24, 2.45) is 0 Å². The first-order valence-electron chi connectivity index (χ1n) is 3.61. The molecule has 0 N–H and O–H groups in total. The first-order chi connectivity index (χ1) is 5.16. The van der Waals surface area contributed by atoms with Gasteiger partial charge >= 0.3 is 0 Å². The van der Waals surface area contributed by atoms with Crippen molar-refractivity contribution in [3.8, 4) is 0 Å². The number of nitrogens with zero attached hydrogens (tertiary/aromatic N) is 1. The molecule has 0 unspecified atom stereocenters. The molecule has 1 rings (SSSR count). The molecule has 0 heterocycles. The fourth-order valence-corrected chi connectivity index (χ4v) is 1.06. The highest BCUT2D eigenvalue weighted by Crippen LogP contribution is 2.23. The quantitative estimate of drug-likeness (QED) is 0.494. The van der Waals surface area contributed by atoms with Crippen LogP contribution in [-0.4, -0.2) is 0 Å². The second-order valence-electron chi connectivity index (χ2n) is 2.76. The molecule has 0 amide bonds. The zero-order valence-electron chi connectivity index (χ0n) is 7.10. The van der Waals surface area contributed by atoms with Gasteiger partial charge in [0.1, 0.15) is 0 Å². The molecule has 0 aliphatic carbocycles. The Kier molecular flexibility index (Phi) is 1.96. The van der Waals surface area contributed by atoms with E-state index in [1.807, 2.05) is 19.1 Å². The Morgan fingerprint density at radius 3 is 2.27 bits per heavy atom. The summed E-state index contributed by atoms with van der Waals surface area (Å²) in [5.74, 6) is 0. The van der Waals surface area contributed by atoms with E-state index in [4.69, 9.17) is 6.57 Å². The van der Waals surface area contributed by atoms with Crippen molar-refractivity contribution in [1.29, 1.82) is 0 Å². The number of aryl methyl sites for hydroxylation is 1. The summed E-state index contributed by atoms with van der Waals surface area (Å²) in [7, 11) is 0. The Balaban J connectivity index is 3.40. The third-order valence-corrected chi connectivity index (χ3v) is 2.15. The zero-order chi connectivity index (χ0) is 8.43. The van der Waals surface area contributed by atoms with Gasteiger partial charge in [0.15, 0.2) is 5.69 Å². The average Bonchev–Trinajstić information content (AvgIpc) is 2.01. The van der Waals surface area contributed by atoms with E-state index < -0.39 is 0 Å². The van der Waals surface area contributed by atoms with Crippen LogP contribution in [0.15, 0.2) is 12.1 Å². The third-order valence-electron chi connectivity index (χ3n) is 2.15. The fourth-order valence-electron chi connectivity index (χ4n) is 1.06. The minimum Gasteiger partial charge on any atom is -0.238 e. The molecule has 1 aromatic carbocycles. The topological polar surface area (TPSA) is 4.36 Å². The van der Waals surface area contributed by atoms with E-state index in [0.29, 0.717) is 0 Å². The van der Waals surface area contributed by atoms with Crippen LogP contribution >= 0.6 is 0 Å². The van der Waals surface area contributed by atoms with Crippen molar-refractivity contribution in [2.45, 2.75) is 20.8 Å². The van der Waals surface area contributed by atoms with Gasteiger partial charge in [-0.1, -0.05) is 23.3 Å². The van der Waals surface area contributed by atoms with Gasteiger partial charge in [-0.15, -0.1) is 0 Å². The summed E-state index contributed by atoms with van der Waals surface area (Å²) >= 11 is 0. The second kappa shape index (κ2) is 2.75. The number of hydrogen-bond donors (Lipinski definition) is 0. The summed E-state index contributed by atoms with van der Waals surface area (Å²) in [6.45, 7) is 13.0. The largest absolute Gasteiger partial charge is 0.238 e. The van der Waals surface area contributed by atoms with E-state index in [0.717, 1.165) is 11.3 Å². The maximum absolute atomic E-state index is 6.88. The lowest BCUT2D eigenvalue weighted by Crippen LogP contribution is -1.84. The summed E-state index contributed by atoms with van der Waals surface area (Å²) in [6.07, 6.45) is 0. The monoisotopic (exact) mass is 145 g/mol. The molecule has 0 radical (unpaired) electrons. The van der Waals surface area contributed by atoms with Gasteiger partial charge in [0.25, 0.3) is 0 Å². The lowest BCUT2D eigenvalue weighted by molar-refractivity contribution is 1.28. The fraction of sp³-hybridized carbons (Fsp3) is 0.300. The maximum atomic E-state index is 6.88. The van der Waals surface area contributed by atoms with E-state index >= 15 is 0 Å². The minimum absolute atomic E-state index is 0.771. The molecule has 0 aliphatic heterocycles. The summed E-state index contributed by atoms with van der Waals surface area (Å²) in [6, 6.07) is 3.88. The van der Waals surface area contributed by atoms with Gasteiger partial charge in [-0.2, -0.15) is 0 Å². The van der Waals surface area contributed by atoms with Gasteiger partial charge in [0.2, 0.25) is 0 Å². The second-order valence-corrected chi connectivity index (χ2v) is 2.76. The Bertz CT molecular complexity index is 318. The molecule has 11 heavy (non-hydrogen) atoms. The van der Waals surface area contributed by atoms with E-state index in [-0.39, 0.29) is 0 Å². The van der Waals surface area contributed by atoms with Crippen LogP contribution in [0, 0.1) is 27.3 Å². The molecule has 1 heteroatoms. The van der Waals surface area contributed by atoms with Gasteiger partial charge in [-0.3, -0.25) is 0 Å². The smallest absolute Gasteiger partial charge is 0.190 e. The van der Waals surface area contributed by atoms with Gasteiger partial charge in [-0.05, 0) is 26.3 Å².